The van der Waals surface area contributed by atoms with Crippen LogP contribution in [0, 0.1) is 6.92 Å². The van der Waals surface area contributed by atoms with Crippen molar-refractivity contribution in [3.05, 3.63) is 29.8 Å². The van der Waals surface area contributed by atoms with Crippen molar-refractivity contribution in [1.82, 2.24) is 4.31 Å². The van der Waals surface area contributed by atoms with Crippen LogP contribution in [0.5, 0.6) is 0 Å². The summed E-state index contributed by atoms with van der Waals surface area (Å²) in [6, 6.07) is 7.11. The van der Waals surface area contributed by atoms with Crippen molar-refractivity contribution in [3.8, 4) is 0 Å². The van der Waals surface area contributed by atoms with Crippen LogP contribution in [0.1, 0.15) is 31.7 Å². The standard InChI is InChI=1S/C13H21NO2S/c1-4-5-8-11-14(3)17(15,16)13-10-7-6-9-12(13)2/h6-7,9-10H,4-5,8,11H2,1-3H3. The number of aryl methyl sites for hydroxylation is 1. The highest BCUT2D eigenvalue weighted by Gasteiger charge is 2.21. The molecule has 0 saturated heterocycles. The highest BCUT2D eigenvalue weighted by Crippen LogP contribution is 2.18. The summed E-state index contributed by atoms with van der Waals surface area (Å²) in [5, 5.41) is 0. The number of sulfonamides is 1. The first-order valence-electron chi connectivity index (χ1n) is 6.02. The Hall–Kier alpha value is -0.870. The van der Waals surface area contributed by atoms with Crippen LogP contribution in [0.25, 0.3) is 0 Å². The molecule has 0 N–H and O–H groups in total. The predicted molar refractivity (Wildman–Crippen MR) is 70.5 cm³/mol. The van der Waals surface area contributed by atoms with Gasteiger partial charge in [0.2, 0.25) is 10.0 Å². The van der Waals surface area contributed by atoms with Gasteiger partial charge in [0.25, 0.3) is 0 Å². The van der Waals surface area contributed by atoms with E-state index in [9.17, 15) is 8.42 Å². The fraction of sp³-hybridized carbons (Fsp3) is 0.538. The van der Waals surface area contributed by atoms with Gasteiger partial charge in [-0.25, -0.2) is 12.7 Å². The van der Waals surface area contributed by atoms with Gasteiger partial charge < -0.3 is 0 Å². The van der Waals surface area contributed by atoms with Gasteiger partial charge in [-0.05, 0) is 25.0 Å². The van der Waals surface area contributed by atoms with Crippen molar-refractivity contribution in [2.45, 2.75) is 38.0 Å². The van der Waals surface area contributed by atoms with Crippen molar-refractivity contribution in [3.63, 3.8) is 0 Å². The molecule has 0 aromatic heterocycles. The molecule has 0 radical (unpaired) electrons. The molecule has 0 bridgehead atoms. The minimum absolute atomic E-state index is 0.416. The van der Waals surface area contributed by atoms with Crippen LogP contribution in [0.4, 0.5) is 0 Å². The molecular weight excluding hydrogens is 234 g/mol. The molecule has 0 saturated carbocycles. The Balaban J connectivity index is 2.85. The SMILES string of the molecule is CCCCCN(C)S(=O)(=O)c1ccccc1C. The molecule has 0 aliphatic carbocycles. The Morgan fingerprint density at radius 2 is 1.82 bits per heavy atom. The topological polar surface area (TPSA) is 37.4 Å². The minimum Gasteiger partial charge on any atom is -0.207 e. The molecule has 0 heterocycles. The Morgan fingerprint density at radius 3 is 2.41 bits per heavy atom. The van der Waals surface area contributed by atoms with E-state index in [0.29, 0.717) is 11.4 Å². The van der Waals surface area contributed by atoms with Gasteiger partial charge in [-0.3, -0.25) is 0 Å². The third-order valence-corrected chi connectivity index (χ3v) is 4.88. The quantitative estimate of drug-likeness (QED) is 0.733. The van der Waals surface area contributed by atoms with E-state index in [4.69, 9.17) is 0 Å². The second kappa shape index (κ2) is 6.17. The van der Waals surface area contributed by atoms with E-state index >= 15 is 0 Å². The zero-order chi connectivity index (χ0) is 12.9. The number of nitrogens with zero attached hydrogens (tertiary/aromatic N) is 1. The predicted octanol–water partition coefficient (Wildman–Crippen LogP) is 2.81. The van der Waals surface area contributed by atoms with Gasteiger partial charge in [0.1, 0.15) is 0 Å². The molecule has 0 aliphatic heterocycles. The van der Waals surface area contributed by atoms with Crippen molar-refractivity contribution in [1.29, 1.82) is 0 Å². The number of hydrogen-bond acceptors (Lipinski definition) is 2. The van der Waals surface area contributed by atoms with Crippen LogP contribution in [0.3, 0.4) is 0 Å². The van der Waals surface area contributed by atoms with Gasteiger partial charge in [0.05, 0.1) is 4.90 Å². The Labute approximate surface area is 105 Å². The molecule has 1 aromatic rings. The molecule has 0 fully saturated rings. The van der Waals surface area contributed by atoms with Crippen LogP contribution in [-0.4, -0.2) is 26.3 Å². The molecule has 0 aliphatic rings. The van der Waals surface area contributed by atoms with E-state index in [1.54, 1.807) is 19.2 Å². The van der Waals surface area contributed by atoms with Crippen LogP contribution in [-0.2, 0) is 10.0 Å². The molecule has 0 atom stereocenters. The van der Waals surface area contributed by atoms with E-state index in [1.165, 1.54) is 4.31 Å². The van der Waals surface area contributed by atoms with Gasteiger partial charge in [0.15, 0.2) is 0 Å². The first-order chi connectivity index (χ1) is 8.00. The van der Waals surface area contributed by atoms with E-state index in [1.807, 2.05) is 19.1 Å². The lowest BCUT2D eigenvalue weighted by atomic mass is 10.2. The maximum atomic E-state index is 12.3. The zero-order valence-corrected chi connectivity index (χ0v) is 11.6. The van der Waals surface area contributed by atoms with E-state index in [-0.39, 0.29) is 0 Å². The fourth-order valence-electron chi connectivity index (χ4n) is 1.72. The normalized spacial score (nSPS) is 12.0. The third kappa shape index (κ3) is 3.54. The molecule has 0 spiro atoms. The van der Waals surface area contributed by atoms with E-state index in [2.05, 4.69) is 6.92 Å². The molecule has 17 heavy (non-hydrogen) atoms. The summed E-state index contributed by atoms with van der Waals surface area (Å²) in [5.74, 6) is 0. The van der Waals surface area contributed by atoms with Crippen LogP contribution in [0.15, 0.2) is 29.2 Å². The largest absolute Gasteiger partial charge is 0.243 e. The zero-order valence-electron chi connectivity index (χ0n) is 10.8. The van der Waals surface area contributed by atoms with Crippen molar-refractivity contribution in [2.75, 3.05) is 13.6 Å². The third-order valence-electron chi connectivity index (χ3n) is 2.86. The lowest BCUT2D eigenvalue weighted by Gasteiger charge is -2.18. The van der Waals surface area contributed by atoms with E-state index in [0.717, 1.165) is 24.8 Å². The summed E-state index contributed by atoms with van der Waals surface area (Å²) in [6.45, 7) is 4.52. The number of unbranched alkanes of at least 4 members (excludes halogenated alkanes) is 2. The van der Waals surface area contributed by atoms with Crippen LogP contribution >= 0.6 is 0 Å². The number of hydrogen-bond donors (Lipinski definition) is 0. The van der Waals surface area contributed by atoms with Crippen molar-refractivity contribution < 1.29 is 8.42 Å². The van der Waals surface area contributed by atoms with Crippen molar-refractivity contribution >= 4 is 10.0 Å². The molecule has 0 amide bonds. The molecule has 1 aromatic carbocycles. The highest BCUT2D eigenvalue weighted by molar-refractivity contribution is 7.89. The smallest absolute Gasteiger partial charge is 0.207 e. The van der Waals surface area contributed by atoms with Gasteiger partial charge in [-0.2, -0.15) is 0 Å². The molecule has 1 rings (SSSR count). The van der Waals surface area contributed by atoms with Gasteiger partial charge >= 0.3 is 0 Å². The van der Waals surface area contributed by atoms with Crippen LogP contribution < -0.4 is 0 Å². The second-order valence-corrected chi connectivity index (χ2v) is 6.31. The Bertz CT molecular complexity index is 454. The number of rotatable bonds is 6. The fourth-order valence-corrected chi connectivity index (χ4v) is 3.15. The summed E-state index contributed by atoms with van der Waals surface area (Å²) in [6.07, 6.45) is 3.07. The van der Waals surface area contributed by atoms with Gasteiger partial charge in [-0.1, -0.05) is 38.0 Å². The molecule has 3 nitrogen and oxygen atoms in total. The average Bonchev–Trinajstić information content (AvgIpc) is 2.29. The molecular formula is C13H21NO2S. The Kier molecular flexibility index (Phi) is 5.15. The summed E-state index contributed by atoms with van der Waals surface area (Å²) < 4.78 is 26.0. The second-order valence-electron chi connectivity index (χ2n) is 4.30. The first-order valence-corrected chi connectivity index (χ1v) is 7.46. The monoisotopic (exact) mass is 255 g/mol. The van der Waals surface area contributed by atoms with Crippen molar-refractivity contribution in [2.24, 2.45) is 0 Å². The highest BCUT2D eigenvalue weighted by atomic mass is 32.2. The molecule has 96 valence electrons. The summed E-state index contributed by atoms with van der Waals surface area (Å²) in [5.41, 5.74) is 0.801. The summed E-state index contributed by atoms with van der Waals surface area (Å²) >= 11 is 0. The maximum Gasteiger partial charge on any atom is 0.243 e. The average molecular weight is 255 g/mol. The lowest BCUT2D eigenvalue weighted by Crippen LogP contribution is -2.28. The minimum atomic E-state index is -3.32. The molecule has 4 heteroatoms. The summed E-state index contributed by atoms with van der Waals surface area (Å²) in [7, 11) is -1.67. The first kappa shape index (κ1) is 14.2. The summed E-state index contributed by atoms with van der Waals surface area (Å²) in [4.78, 5) is 0.416. The van der Waals surface area contributed by atoms with E-state index < -0.39 is 10.0 Å². The lowest BCUT2D eigenvalue weighted by molar-refractivity contribution is 0.454. The molecule has 0 unspecified atom stereocenters. The maximum absolute atomic E-state index is 12.3. The van der Waals surface area contributed by atoms with Gasteiger partial charge in [0, 0.05) is 13.6 Å². The van der Waals surface area contributed by atoms with Gasteiger partial charge in [-0.15, -0.1) is 0 Å². The van der Waals surface area contributed by atoms with Crippen LogP contribution in [0.2, 0.25) is 0 Å². The Morgan fingerprint density at radius 1 is 1.18 bits per heavy atom. The number of benzene rings is 1.